The van der Waals surface area contributed by atoms with Gasteiger partial charge in [0, 0.05) is 6.04 Å². The molecule has 0 aliphatic heterocycles. The molecule has 4 heteroatoms. The van der Waals surface area contributed by atoms with Gasteiger partial charge in [0.25, 0.3) is 0 Å². The average Bonchev–Trinajstić information content (AvgIpc) is 2.25. The Morgan fingerprint density at radius 1 is 1.12 bits per heavy atom. The third-order valence-corrected chi connectivity index (χ3v) is 5.39. The highest BCUT2D eigenvalue weighted by atomic mass is 32.2. The number of hydrogen-bond acceptors (Lipinski definition) is 3. The molecule has 0 aromatic rings. The topological polar surface area (TPSA) is 46.2 Å². The van der Waals surface area contributed by atoms with Gasteiger partial charge in [-0.25, -0.2) is 8.42 Å². The first-order chi connectivity index (χ1) is 7.49. The van der Waals surface area contributed by atoms with E-state index in [-0.39, 0.29) is 11.3 Å². The van der Waals surface area contributed by atoms with Gasteiger partial charge in [-0.05, 0) is 26.3 Å². The molecular formula is C12H27NO2S. The van der Waals surface area contributed by atoms with Gasteiger partial charge in [0.15, 0.2) is 9.84 Å². The third kappa shape index (κ3) is 5.30. The van der Waals surface area contributed by atoms with E-state index in [0.717, 1.165) is 32.2 Å². The Bertz CT molecular complexity index is 262. The first kappa shape index (κ1) is 15.9. The van der Waals surface area contributed by atoms with E-state index < -0.39 is 9.84 Å². The van der Waals surface area contributed by atoms with Gasteiger partial charge in [0.1, 0.15) is 0 Å². The quantitative estimate of drug-likeness (QED) is 0.638. The van der Waals surface area contributed by atoms with Crippen LogP contribution in [0.15, 0.2) is 0 Å². The van der Waals surface area contributed by atoms with Crippen molar-refractivity contribution in [2.75, 3.05) is 12.3 Å². The first-order valence-corrected chi connectivity index (χ1v) is 8.16. The smallest absolute Gasteiger partial charge is 0.154 e. The second-order valence-electron chi connectivity index (χ2n) is 4.35. The fourth-order valence-electron chi connectivity index (χ4n) is 1.89. The summed E-state index contributed by atoms with van der Waals surface area (Å²) in [5, 5.41) is 2.98. The standard InChI is InChI=1S/C12H27NO2S/c1-5-8-9-10-16(14,15)11(4)12(6-2)13-7-3/h11-13H,5-10H2,1-4H3. The summed E-state index contributed by atoms with van der Waals surface area (Å²) < 4.78 is 24.1. The van der Waals surface area contributed by atoms with Crippen LogP contribution >= 0.6 is 0 Å². The fraction of sp³-hybridized carbons (Fsp3) is 1.00. The molecule has 0 radical (unpaired) electrons. The van der Waals surface area contributed by atoms with E-state index in [4.69, 9.17) is 0 Å². The Hall–Kier alpha value is -0.0900. The summed E-state index contributed by atoms with van der Waals surface area (Å²) in [5.41, 5.74) is 0. The second kappa shape index (κ2) is 8.07. The number of unbranched alkanes of at least 4 members (excludes halogenated alkanes) is 2. The molecule has 0 amide bonds. The summed E-state index contributed by atoms with van der Waals surface area (Å²) in [6.07, 6.45) is 3.73. The van der Waals surface area contributed by atoms with Crippen LogP contribution in [0.2, 0.25) is 0 Å². The van der Waals surface area contributed by atoms with Gasteiger partial charge >= 0.3 is 0 Å². The lowest BCUT2D eigenvalue weighted by Crippen LogP contribution is -2.42. The van der Waals surface area contributed by atoms with Gasteiger partial charge in [-0.2, -0.15) is 0 Å². The number of rotatable bonds is 9. The molecule has 0 aromatic heterocycles. The molecule has 0 aliphatic rings. The third-order valence-electron chi connectivity index (χ3n) is 3.07. The number of sulfone groups is 1. The van der Waals surface area contributed by atoms with E-state index in [9.17, 15) is 8.42 Å². The molecule has 0 fully saturated rings. The predicted octanol–water partition coefficient (Wildman–Crippen LogP) is 2.37. The number of hydrogen-bond donors (Lipinski definition) is 1. The second-order valence-corrected chi connectivity index (χ2v) is 6.83. The van der Waals surface area contributed by atoms with Crippen LogP contribution in [0.1, 0.15) is 53.4 Å². The van der Waals surface area contributed by atoms with Crippen LogP contribution in [-0.2, 0) is 9.84 Å². The minimum atomic E-state index is -2.93. The van der Waals surface area contributed by atoms with E-state index in [2.05, 4.69) is 12.2 Å². The molecule has 0 spiro atoms. The molecule has 3 nitrogen and oxygen atoms in total. The van der Waals surface area contributed by atoms with Gasteiger partial charge in [-0.3, -0.25) is 0 Å². The van der Waals surface area contributed by atoms with E-state index in [1.807, 2.05) is 20.8 Å². The average molecular weight is 249 g/mol. The fourth-order valence-corrected chi connectivity index (χ4v) is 3.66. The molecule has 16 heavy (non-hydrogen) atoms. The summed E-state index contributed by atoms with van der Waals surface area (Å²) in [7, 11) is -2.93. The van der Waals surface area contributed by atoms with Gasteiger partial charge < -0.3 is 5.32 Å². The van der Waals surface area contributed by atoms with E-state index >= 15 is 0 Å². The van der Waals surface area contributed by atoms with Crippen molar-refractivity contribution >= 4 is 9.84 Å². The van der Waals surface area contributed by atoms with E-state index in [0.29, 0.717) is 5.75 Å². The monoisotopic (exact) mass is 249 g/mol. The van der Waals surface area contributed by atoms with Gasteiger partial charge in [-0.1, -0.05) is 33.6 Å². The van der Waals surface area contributed by atoms with Crippen molar-refractivity contribution in [2.24, 2.45) is 0 Å². The predicted molar refractivity (Wildman–Crippen MR) is 70.5 cm³/mol. The lowest BCUT2D eigenvalue weighted by Gasteiger charge is -2.23. The summed E-state index contributed by atoms with van der Waals surface area (Å²) >= 11 is 0. The molecule has 98 valence electrons. The first-order valence-electron chi connectivity index (χ1n) is 6.44. The van der Waals surface area contributed by atoms with Gasteiger partial charge in [0.05, 0.1) is 11.0 Å². The van der Waals surface area contributed by atoms with Crippen molar-refractivity contribution in [2.45, 2.75) is 64.7 Å². The van der Waals surface area contributed by atoms with E-state index in [1.54, 1.807) is 0 Å². The van der Waals surface area contributed by atoms with Crippen molar-refractivity contribution in [3.8, 4) is 0 Å². The zero-order valence-electron chi connectivity index (χ0n) is 11.1. The zero-order chi connectivity index (χ0) is 12.6. The minimum absolute atomic E-state index is 0.0941. The minimum Gasteiger partial charge on any atom is -0.313 e. The lowest BCUT2D eigenvalue weighted by atomic mass is 10.2. The summed E-state index contributed by atoms with van der Waals surface area (Å²) in [5.74, 6) is 0.337. The molecule has 0 bridgehead atoms. The Kier molecular flexibility index (Phi) is 8.02. The lowest BCUT2D eigenvalue weighted by molar-refractivity contribution is 0.482. The van der Waals surface area contributed by atoms with Crippen LogP contribution in [-0.4, -0.2) is 32.0 Å². The molecule has 0 rings (SSSR count). The SMILES string of the molecule is CCCCCS(=O)(=O)C(C)C(CC)NCC. The summed E-state index contributed by atoms with van der Waals surface area (Å²) in [6, 6.07) is 0.0941. The molecule has 0 saturated heterocycles. The molecule has 0 heterocycles. The molecule has 0 saturated carbocycles. The van der Waals surface area contributed by atoms with Crippen LogP contribution in [0.3, 0.4) is 0 Å². The molecule has 2 atom stereocenters. The highest BCUT2D eigenvalue weighted by Gasteiger charge is 2.26. The summed E-state index contributed by atoms with van der Waals surface area (Å²) in [6.45, 7) is 8.79. The summed E-state index contributed by atoms with van der Waals surface area (Å²) in [4.78, 5) is 0. The van der Waals surface area contributed by atoms with Crippen LogP contribution in [0.25, 0.3) is 0 Å². The van der Waals surface area contributed by atoms with Gasteiger partial charge in [0.2, 0.25) is 0 Å². The van der Waals surface area contributed by atoms with Crippen molar-refractivity contribution in [3.05, 3.63) is 0 Å². The zero-order valence-corrected chi connectivity index (χ0v) is 11.9. The Balaban J connectivity index is 4.36. The maximum absolute atomic E-state index is 12.0. The maximum Gasteiger partial charge on any atom is 0.154 e. The van der Waals surface area contributed by atoms with Crippen molar-refractivity contribution in [3.63, 3.8) is 0 Å². The number of nitrogens with one attached hydrogen (secondary N) is 1. The normalized spacial score (nSPS) is 16.0. The Morgan fingerprint density at radius 2 is 1.75 bits per heavy atom. The molecule has 2 unspecified atom stereocenters. The van der Waals surface area contributed by atoms with Crippen LogP contribution in [0, 0.1) is 0 Å². The van der Waals surface area contributed by atoms with Crippen molar-refractivity contribution < 1.29 is 8.42 Å². The van der Waals surface area contributed by atoms with Crippen LogP contribution in [0.5, 0.6) is 0 Å². The highest BCUT2D eigenvalue weighted by molar-refractivity contribution is 7.92. The molecule has 0 aromatic carbocycles. The highest BCUT2D eigenvalue weighted by Crippen LogP contribution is 2.12. The van der Waals surface area contributed by atoms with Gasteiger partial charge in [-0.15, -0.1) is 0 Å². The van der Waals surface area contributed by atoms with Crippen molar-refractivity contribution in [1.29, 1.82) is 0 Å². The Morgan fingerprint density at radius 3 is 2.19 bits per heavy atom. The van der Waals surface area contributed by atoms with Crippen LogP contribution in [0.4, 0.5) is 0 Å². The maximum atomic E-state index is 12.0. The Labute approximate surface area is 101 Å². The van der Waals surface area contributed by atoms with Crippen LogP contribution < -0.4 is 5.32 Å². The van der Waals surface area contributed by atoms with E-state index in [1.165, 1.54) is 0 Å². The van der Waals surface area contributed by atoms with Crippen molar-refractivity contribution in [1.82, 2.24) is 5.32 Å². The largest absolute Gasteiger partial charge is 0.313 e. The molecule has 0 aliphatic carbocycles. The molecular weight excluding hydrogens is 222 g/mol. The molecule has 1 N–H and O–H groups in total.